The van der Waals surface area contributed by atoms with Crippen LogP contribution in [0.4, 0.5) is 0 Å². The number of methoxy groups -OCH3 is 2. The Kier molecular flexibility index (Phi) is 7.57. The zero-order chi connectivity index (χ0) is 7.98. The second-order valence-electron chi connectivity index (χ2n) is 1.38. The van der Waals surface area contributed by atoms with E-state index in [4.69, 9.17) is 0 Å². The zero-order valence-corrected chi connectivity index (χ0v) is 6.29. The fourth-order valence-corrected chi connectivity index (χ4v) is 0.272. The Hall–Kier alpha value is -1.36. The first-order valence-electron chi connectivity index (χ1n) is 2.54. The lowest BCUT2D eigenvalue weighted by atomic mass is 10.5. The molecule has 0 aromatic carbocycles. The highest BCUT2D eigenvalue weighted by atomic mass is 16.5. The van der Waals surface area contributed by atoms with E-state index in [1.165, 1.54) is 14.2 Å². The summed E-state index contributed by atoms with van der Waals surface area (Å²) in [4.78, 5) is 20.6. The molecular weight excluding hydrogens is 152 g/mol. The Balaban J connectivity index is 0. The number of hydrogen-bond donors (Lipinski definition) is 0. The maximum absolute atomic E-state index is 10.3. The third-order valence-corrected chi connectivity index (χ3v) is 0.758. The molecule has 0 unspecified atom stereocenters. The van der Waals surface area contributed by atoms with Crippen LogP contribution in [0.25, 0.3) is 0 Å². The van der Waals surface area contributed by atoms with E-state index in [0.717, 1.165) is 12.2 Å². The molecule has 0 aliphatic heterocycles. The molecule has 0 radical (unpaired) electrons. The van der Waals surface area contributed by atoms with E-state index < -0.39 is 11.9 Å². The topological polar surface area (TPSA) is 84.1 Å². The van der Waals surface area contributed by atoms with Gasteiger partial charge >= 0.3 is 11.9 Å². The van der Waals surface area contributed by atoms with Gasteiger partial charge in [0.1, 0.15) is 0 Å². The molecule has 0 aromatic rings. The van der Waals surface area contributed by atoms with Crippen molar-refractivity contribution in [2.24, 2.45) is 0 Å². The monoisotopic (exact) mass is 162 g/mol. The predicted molar refractivity (Wildman–Crippen MR) is 36.8 cm³/mol. The zero-order valence-electron chi connectivity index (χ0n) is 6.29. The smallest absolute Gasteiger partial charge is 0.330 e. The van der Waals surface area contributed by atoms with Crippen molar-refractivity contribution in [2.75, 3.05) is 14.2 Å². The van der Waals surface area contributed by atoms with Gasteiger partial charge in [0, 0.05) is 12.2 Å². The predicted octanol–water partition coefficient (Wildman–Crippen LogP) is -0.936. The van der Waals surface area contributed by atoms with Crippen molar-refractivity contribution in [2.45, 2.75) is 0 Å². The molecule has 2 N–H and O–H groups in total. The molecule has 0 aliphatic rings. The van der Waals surface area contributed by atoms with Gasteiger partial charge in [0.15, 0.2) is 0 Å². The summed E-state index contributed by atoms with van der Waals surface area (Å²) >= 11 is 0. The third-order valence-electron chi connectivity index (χ3n) is 0.758. The number of carbonyl (C=O) groups is 2. The summed E-state index contributed by atoms with van der Waals surface area (Å²) in [6, 6.07) is 0. The summed E-state index contributed by atoms with van der Waals surface area (Å²) in [7, 11) is 2.45. The summed E-state index contributed by atoms with van der Waals surface area (Å²) in [5.74, 6) is -1.16. The Bertz CT molecular complexity index is 142. The quantitative estimate of drug-likeness (QED) is 0.387. The minimum atomic E-state index is -0.578. The summed E-state index contributed by atoms with van der Waals surface area (Å²) in [6.07, 6.45) is 1.98. The Morgan fingerprint density at radius 2 is 1.27 bits per heavy atom. The molecule has 0 fully saturated rings. The third kappa shape index (κ3) is 6.53. The van der Waals surface area contributed by atoms with Crippen LogP contribution in [0, 0.1) is 0 Å². The van der Waals surface area contributed by atoms with Crippen LogP contribution < -0.4 is 0 Å². The van der Waals surface area contributed by atoms with Crippen molar-refractivity contribution >= 4 is 11.9 Å². The van der Waals surface area contributed by atoms with E-state index in [-0.39, 0.29) is 5.48 Å². The minimum Gasteiger partial charge on any atom is -0.466 e. The van der Waals surface area contributed by atoms with Gasteiger partial charge in [0.05, 0.1) is 14.2 Å². The highest BCUT2D eigenvalue weighted by Crippen LogP contribution is 1.80. The van der Waals surface area contributed by atoms with Gasteiger partial charge in [-0.15, -0.1) is 0 Å². The molecule has 5 nitrogen and oxygen atoms in total. The molecule has 0 saturated heterocycles. The molecule has 0 heterocycles. The van der Waals surface area contributed by atoms with Crippen LogP contribution in [0.1, 0.15) is 0 Å². The van der Waals surface area contributed by atoms with E-state index in [1.807, 2.05) is 0 Å². The van der Waals surface area contributed by atoms with Crippen LogP contribution in [0.3, 0.4) is 0 Å². The van der Waals surface area contributed by atoms with Gasteiger partial charge in [-0.05, 0) is 0 Å². The van der Waals surface area contributed by atoms with Crippen LogP contribution in [0.2, 0.25) is 0 Å². The standard InChI is InChI=1S/C6H8O4.H2O/c1-9-5(7)3-4-6(8)10-2;/h3-4H,1-2H3;1H2/b4-3+;. The van der Waals surface area contributed by atoms with Crippen LogP contribution in [-0.4, -0.2) is 31.6 Å². The van der Waals surface area contributed by atoms with Crippen LogP contribution in [0.5, 0.6) is 0 Å². The van der Waals surface area contributed by atoms with E-state index in [0.29, 0.717) is 0 Å². The first-order valence-corrected chi connectivity index (χ1v) is 2.54. The lowest BCUT2D eigenvalue weighted by molar-refractivity contribution is -0.137. The summed E-state index contributed by atoms with van der Waals surface area (Å²) in [5.41, 5.74) is 0. The molecule has 0 bridgehead atoms. The van der Waals surface area contributed by atoms with Crippen LogP contribution in [-0.2, 0) is 19.1 Å². The van der Waals surface area contributed by atoms with Gasteiger partial charge in [-0.1, -0.05) is 0 Å². The highest BCUT2D eigenvalue weighted by Gasteiger charge is 1.94. The number of hydrogen-bond acceptors (Lipinski definition) is 4. The van der Waals surface area contributed by atoms with Crippen LogP contribution in [0.15, 0.2) is 12.2 Å². The number of ether oxygens (including phenoxy) is 2. The van der Waals surface area contributed by atoms with Crippen molar-refractivity contribution < 1.29 is 24.5 Å². The lowest BCUT2D eigenvalue weighted by Crippen LogP contribution is -1.98. The normalized spacial score (nSPS) is 8.55. The fourth-order valence-electron chi connectivity index (χ4n) is 0.272. The Labute approximate surface area is 63.9 Å². The van der Waals surface area contributed by atoms with Crippen LogP contribution >= 0.6 is 0 Å². The van der Waals surface area contributed by atoms with Gasteiger partial charge in [-0.25, -0.2) is 9.59 Å². The van der Waals surface area contributed by atoms with Gasteiger partial charge in [-0.2, -0.15) is 0 Å². The summed E-state index contributed by atoms with van der Waals surface area (Å²) in [6.45, 7) is 0. The molecule has 0 atom stereocenters. The molecule has 0 amide bonds. The SMILES string of the molecule is COC(=O)/C=C/C(=O)OC.O. The van der Waals surface area contributed by atoms with Gasteiger partial charge < -0.3 is 14.9 Å². The average Bonchev–Trinajstić information content (AvgIpc) is 1.99. The number of carbonyl (C=O) groups excluding carboxylic acids is 2. The maximum Gasteiger partial charge on any atom is 0.330 e. The fraction of sp³-hybridized carbons (Fsp3) is 0.333. The van der Waals surface area contributed by atoms with Gasteiger partial charge in [0.2, 0.25) is 0 Å². The largest absolute Gasteiger partial charge is 0.466 e. The molecule has 0 aliphatic carbocycles. The number of rotatable bonds is 2. The Morgan fingerprint density at radius 3 is 1.45 bits per heavy atom. The molecule has 0 spiro atoms. The molecule has 11 heavy (non-hydrogen) atoms. The lowest BCUT2D eigenvalue weighted by Gasteiger charge is -1.89. The molecule has 0 aromatic heterocycles. The van der Waals surface area contributed by atoms with Crippen molar-refractivity contribution in [3.05, 3.63) is 12.2 Å². The minimum absolute atomic E-state index is 0. The second kappa shape index (κ2) is 6.76. The van der Waals surface area contributed by atoms with E-state index >= 15 is 0 Å². The van der Waals surface area contributed by atoms with E-state index in [2.05, 4.69) is 9.47 Å². The van der Waals surface area contributed by atoms with Gasteiger partial charge in [0.25, 0.3) is 0 Å². The van der Waals surface area contributed by atoms with Crippen molar-refractivity contribution in [3.63, 3.8) is 0 Å². The van der Waals surface area contributed by atoms with Gasteiger partial charge in [-0.3, -0.25) is 0 Å². The number of esters is 2. The van der Waals surface area contributed by atoms with Crippen molar-refractivity contribution in [1.29, 1.82) is 0 Å². The average molecular weight is 162 g/mol. The molecule has 64 valence electrons. The van der Waals surface area contributed by atoms with E-state index in [9.17, 15) is 9.59 Å². The second-order valence-corrected chi connectivity index (χ2v) is 1.38. The van der Waals surface area contributed by atoms with Crippen molar-refractivity contribution in [3.8, 4) is 0 Å². The van der Waals surface area contributed by atoms with Crippen molar-refractivity contribution in [1.82, 2.24) is 0 Å². The molecule has 0 rings (SSSR count). The highest BCUT2D eigenvalue weighted by molar-refractivity contribution is 5.91. The first kappa shape index (κ1) is 12.3. The molecule has 0 saturated carbocycles. The summed E-state index contributed by atoms with van der Waals surface area (Å²) in [5, 5.41) is 0. The van der Waals surface area contributed by atoms with E-state index in [1.54, 1.807) is 0 Å². The molecule has 5 heteroatoms. The Morgan fingerprint density at radius 1 is 1.00 bits per heavy atom. The summed E-state index contributed by atoms with van der Waals surface area (Å²) < 4.78 is 8.42. The first-order chi connectivity index (χ1) is 4.70. The maximum atomic E-state index is 10.3. The molecular formula is C6H10O5.